The van der Waals surface area contributed by atoms with Crippen LogP contribution in [0, 0.1) is 6.92 Å². The normalized spacial score (nSPS) is 14.8. The Morgan fingerprint density at radius 3 is 2.06 bits per heavy atom. The first-order chi connectivity index (χ1) is 22.6. The maximum Gasteiger partial charge on any atom is 0.332 e. The molecule has 1 aliphatic rings. The Hall–Kier alpha value is -4.04. The van der Waals surface area contributed by atoms with Crippen LogP contribution in [-0.2, 0) is 19.5 Å². The van der Waals surface area contributed by atoms with Crippen molar-refractivity contribution in [1.82, 2.24) is 19.0 Å². The fourth-order valence-electron chi connectivity index (χ4n) is 7.17. The van der Waals surface area contributed by atoms with Gasteiger partial charge in [-0.25, -0.2) is 9.78 Å². The number of halogens is 2. The van der Waals surface area contributed by atoms with Gasteiger partial charge in [-0.15, -0.1) is 0 Å². The van der Waals surface area contributed by atoms with E-state index in [1.807, 2.05) is 0 Å². The van der Waals surface area contributed by atoms with Crippen molar-refractivity contribution in [2.24, 2.45) is 14.1 Å². The van der Waals surface area contributed by atoms with Crippen LogP contribution in [0.3, 0.4) is 0 Å². The van der Waals surface area contributed by atoms with Gasteiger partial charge in [-0.3, -0.25) is 18.7 Å². The van der Waals surface area contributed by atoms with E-state index in [9.17, 15) is 14.4 Å². The summed E-state index contributed by atoms with van der Waals surface area (Å²) in [6.07, 6.45) is 3.89. The van der Waals surface area contributed by atoms with Gasteiger partial charge in [0.05, 0.1) is 21.1 Å². The standard InChI is InChI=1S/C38H38Cl2N4O3/c1-25-31(32(28-17-12-18-29(39)34(28)40)33-35(41-25)42(2)37(47)43(3)36(33)46)30(45)19-10-11-22-44-23-20-38(21-24-44,26-13-6-4-7-14-26)27-15-8-5-9-16-27/h4-9,12-18H,10-11,19-24H2,1-3H3. The quantitative estimate of drug-likeness (QED) is 0.121. The number of nitrogens with zero attached hydrogens (tertiary/aromatic N) is 4. The van der Waals surface area contributed by atoms with Gasteiger partial charge >= 0.3 is 5.69 Å². The van der Waals surface area contributed by atoms with Gasteiger partial charge in [0.15, 0.2) is 5.78 Å². The highest BCUT2D eigenvalue weighted by Crippen LogP contribution is 2.42. The number of Topliss-reactive ketones (excluding diaryl/α,β-unsaturated/α-hetero) is 1. The Morgan fingerprint density at radius 2 is 1.45 bits per heavy atom. The molecule has 1 fully saturated rings. The number of fused-ring (bicyclic) bond motifs is 1. The number of piperidine rings is 1. The zero-order valence-electron chi connectivity index (χ0n) is 26.9. The number of likely N-dealkylation sites (tertiary alicyclic amines) is 1. The van der Waals surface area contributed by atoms with Crippen LogP contribution in [0.15, 0.2) is 88.5 Å². The minimum Gasteiger partial charge on any atom is -0.303 e. The number of benzene rings is 3. The zero-order chi connectivity index (χ0) is 33.3. The minimum atomic E-state index is -0.539. The summed E-state index contributed by atoms with van der Waals surface area (Å²) in [6.45, 7) is 4.59. The minimum absolute atomic E-state index is 0.00580. The summed E-state index contributed by atoms with van der Waals surface area (Å²) in [5.74, 6) is -0.121. The van der Waals surface area contributed by atoms with Crippen LogP contribution in [0.5, 0.6) is 0 Å². The number of unbranched alkanes of at least 4 members (excludes halogenated alkanes) is 1. The summed E-state index contributed by atoms with van der Waals surface area (Å²) in [6, 6.07) is 26.8. The first-order valence-corrected chi connectivity index (χ1v) is 16.8. The molecule has 3 heterocycles. The summed E-state index contributed by atoms with van der Waals surface area (Å²) < 4.78 is 2.35. The average molecular weight is 670 g/mol. The average Bonchev–Trinajstić information content (AvgIpc) is 3.10. The molecule has 6 rings (SSSR count). The van der Waals surface area contributed by atoms with E-state index >= 15 is 0 Å². The van der Waals surface area contributed by atoms with E-state index in [2.05, 4.69) is 70.5 Å². The number of carbonyl (C=O) groups excluding carboxylic acids is 1. The molecule has 0 unspecified atom stereocenters. The van der Waals surface area contributed by atoms with Gasteiger partial charge in [0, 0.05) is 42.6 Å². The predicted molar refractivity (Wildman–Crippen MR) is 190 cm³/mol. The second kappa shape index (κ2) is 13.6. The molecule has 7 nitrogen and oxygen atoms in total. The molecule has 1 aliphatic heterocycles. The summed E-state index contributed by atoms with van der Waals surface area (Å²) in [4.78, 5) is 47.4. The number of aromatic nitrogens is 3. The fraction of sp³-hybridized carbons (Fsp3) is 0.316. The van der Waals surface area contributed by atoms with E-state index in [1.165, 1.54) is 22.7 Å². The lowest BCUT2D eigenvalue weighted by atomic mass is 9.68. The summed E-state index contributed by atoms with van der Waals surface area (Å²) in [5.41, 5.74) is 3.48. The van der Waals surface area contributed by atoms with Crippen molar-refractivity contribution in [2.45, 2.75) is 44.4 Å². The molecule has 0 radical (unpaired) electrons. The molecule has 2 aromatic heterocycles. The maximum atomic E-state index is 14.0. The highest BCUT2D eigenvalue weighted by molar-refractivity contribution is 6.44. The largest absolute Gasteiger partial charge is 0.332 e. The molecule has 0 bridgehead atoms. The highest BCUT2D eigenvalue weighted by atomic mass is 35.5. The molecule has 3 aromatic carbocycles. The number of pyridine rings is 1. The molecule has 0 amide bonds. The highest BCUT2D eigenvalue weighted by Gasteiger charge is 2.37. The van der Waals surface area contributed by atoms with E-state index < -0.39 is 11.2 Å². The molecule has 242 valence electrons. The van der Waals surface area contributed by atoms with Gasteiger partial charge in [0.25, 0.3) is 5.56 Å². The smallest absolute Gasteiger partial charge is 0.303 e. The number of ketones is 1. The van der Waals surface area contributed by atoms with Gasteiger partial charge in [0.2, 0.25) is 0 Å². The lowest BCUT2D eigenvalue weighted by molar-refractivity contribution is 0.0976. The number of aryl methyl sites for hydroxylation is 2. The van der Waals surface area contributed by atoms with E-state index in [0.29, 0.717) is 33.8 Å². The lowest BCUT2D eigenvalue weighted by Crippen LogP contribution is -2.43. The van der Waals surface area contributed by atoms with Crippen LogP contribution in [0.2, 0.25) is 10.0 Å². The maximum absolute atomic E-state index is 14.0. The Balaban J connectivity index is 1.22. The van der Waals surface area contributed by atoms with Gasteiger partial charge in [-0.1, -0.05) is 96.0 Å². The van der Waals surface area contributed by atoms with Crippen molar-refractivity contribution in [2.75, 3.05) is 19.6 Å². The van der Waals surface area contributed by atoms with E-state index in [0.717, 1.165) is 43.5 Å². The first kappa shape index (κ1) is 32.9. The molecule has 9 heteroatoms. The molecular weight excluding hydrogens is 631 g/mol. The Labute approximate surface area is 284 Å². The molecule has 0 spiro atoms. The number of rotatable bonds is 9. The van der Waals surface area contributed by atoms with Crippen LogP contribution in [-0.4, -0.2) is 44.4 Å². The van der Waals surface area contributed by atoms with Crippen molar-refractivity contribution < 1.29 is 4.79 Å². The van der Waals surface area contributed by atoms with Crippen molar-refractivity contribution in [3.63, 3.8) is 0 Å². The molecule has 1 saturated heterocycles. The molecule has 0 saturated carbocycles. The second-order valence-corrected chi connectivity index (χ2v) is 13.3. The predicted octanol–water partition coefficient (Wildman–Crippen LogP) is 7.35. The zero-order valence-corrected chi connectivity index (χ0v) is 28.4. The van der Waals surface area contributed by atoms with Gasteiger partial charge in [0.1, 0.15) is 5.65 Å². The Kier molecular flexibility index (Phi) is 9.51. The Morgan fingerprint density at radius 1 is 0.830 bits per heavy atom. The van der Waals surface area contributed by atoms with Gasteiger partial charge in [-0.2, -0.15) is 0 Å². The topological polar surface area (TPSA) is 77.2 Å². The van der Waals surface area contributed by atoms with Crippen LogP contribution in [0.4, 0.5) is 0 Å². The summed E-state index contributed by atoms with van der Waals surface area (Å²) in [5, 5.41) is 0.705. The number of hydrogen-bond acceptors (Lipinski definition) is 5. The molecule has 0 N–H and O–H groups in total. The Bertz CT molecular complexity index is 2020. The van der Waals surface area contributed by atoms with E-state index in [-0.39, 0.29) is 33.7 Å². The molecule has 47 heavy (non-hydrogen) atoms. The molecular formula is C38H38Cl2N4O3. The molecule has 0 aliphatic carbocycles. The third-order valence-electron chi connectivity index (χ3n) is 9.76. The van der Waals surface area contributed by atoms with Gasteiger partial charge in [-0.05, 0) is 69.4 Å². The van der Waals surface area contributed by atoms with Crippen molar-refractivity contribution >= 4 is 40.0 Å². The SMILES string of the molecule is Cc1nc2c(c(-c3cccc(Cl)c3Cl)c1C(=O)CCCCN1CCC(c3ccccc3)(c3ccccc3)CC1)c(=O)n(C)c(=O)n2C. The van der Waals surface area contributed by atoms with Crippen LogP contribution in [0.1, 0.15) is 59.3 Å². The third kappa shape index (κ3) is 6.08. The molecule has 0 atom stereocenters. The summed E-state index contributed by atoms with van der Waals surface area (Å²) in [7, 11) is 2.98. The fourth-order valence-corrected chi connectivity index (χ4v) is 7.57. The molecule has 5 aromatic rings. The third-order valence-corrected chi connectivity index (χ3v) is 10.6. The van der Waals surface area contributed by atoms with E-state index in [4.69, 9.17) is 23.2 Å². The lowest BCUT2D eigenvalue weighted by Gasteiger charge is -2.43. The van der Waals surface area contributed by atoms with Crippen molar-refractivity contribution in [3.05, 3.63) is 132 Å². The van der Waals surface area contributed by atoms with Crippen LogP contribution >= 0.6 is 23.2 Å². The second-order valence-electron chi connectivity index (χ2n) is 12.5. The van der Waals surface area contributed by atoms with Crippen LogP contribution < -0.4 is 11.2 Å². The van der Waals surface area contributed by atoms with Crippen LogP contribution in [0.25, 0.3) is 22.2 Å². The van der Waals surface area contributed by atoms with E-state index in [1.54, 1.807) is 32.2 Å². The van der Waals surface area contributed by atoms with Crippen molar-refractivity contribution in [1.29, 1.82) is 0 Å². The number of hydrogen-bond donors (Lipinski definition) is 0. The van der Waals surface area contributed by atoms with Gasteiger partial charge < -0.3 is 4.90 Å². The summed E-state index contributed by atoms with van der Waals surface area (Å²) >= 11 is 13.1. The monoisotopic (exact) mass is 668 g/mol. The first-order valence-electron chi connectivity index (χ1n) is 16.1. The number of carbonyl (C=O) groups is 1. The van der Waals surface area contributed by atoms with Crippen molar-refractivity contribution in [3.8, 4) is 11.1 Å².